The summed E-state index contributed by atoms with van der Waals surface area (Å²) in [6.07, 6.45) is 7.64. The summed E-state index contributed by atoms with van der Waals surface area (Å²) in [6, 6.07) is 0. The highest BCUT2D eigenvalue weighted by atomic mass is 16.3. The third-order valence-electron chi connectivity index (χ3n) is 0.911. The van der Waals surface area contributed by atoms with Crippen LogP contribution in [0.25, 0.3) is 0 Å². The Kier molecular flexibility index (Phi) is 2.07. The van der Waals surface area contributed by atoms with Crippen LogP contribution in [-0.2, 0) is 0 Å². The Hall–Kier alpha value is -1.05. The third-order valence-corrected chi connectivity index (χ3v) is 0.911. The molecule has 1 aromatic rings. The van der Waals surface area contributed by atoms with Crippen LogP contribution in [0.2, 0.25) is 0 Å². The van der Waals surface area contributed by atoms with Gasteiger partial charge >= 0.3 is 0 Å². The Labute approximate surface area is 54.2 Å². The van der Waals surface area contributed by atoms with Crippen molar-refractivity contribution in [1.82, 2.24) is 4.98 Å². The van der Waals surface area contributed by atoms with Gasteiger partial charge in [-0.15, -0.1) is 6.58 Å². The minimum absolute atomic E-state index is 0.662. The van der Waals surface area contributed by atoms with Crippen molar-refractivity contribution in [2.24, 2.45) is 0 Å². The van der Waals surface area contributed by atoms with Crippen molar-refractivity contribution in [3.05, 3.63) is 37.4 Å². The highest BCUT2D eigenvalue weighted by Crippen LogP contribution is 2.00. The van der Waals surface area contributed by atoms with Gasteiger partial charge in [0.2, 0.25) is 0 Å². The van der Waals surface area contributed by atoms with E-state index in [2.05, 4.69) is 11.6 Å². The summed E-state index contributed by atoms with van der Waals surface area (Å²) in [6.45, 7) is 3.56. The van der Waals surface area contributed by atoms with E-state index in [1.807, 2.05) is 6.42 Å². The van der Waals surface area contributed by atoms with Crippen molar-refractivity contribution in [3.63, 3.8) is 0 Å². The number of allylic oxidation sites excluding steroid dienone is 1. The maximum Gasteiger partial charge on any atom is 0.198 e. The first-order chi connectivity index (χ1) is 4.43. The van der Waals surface area contributed by atoms with E-state index in [0.29, 0.717) is 5.89 Å². The minimum Gasteiger partial charge on any atom is -0.449 e. The fourth-order valence-corrected chi connectivity index (χ4v) is 0.519. The molecule has 0 bridgehead atoms. The van der Waals surface area contributed by atoms with Crippen LogP contribution in [0.1, 0.15) is 12.3 Å². The molecule has 1 aromatic heterocycles. The molecule has 0 amide bonds. The van der Waals surface area contributed by atoms with Crippen LogP contribution < -0.4 is 0 Å². The van der Waals surface area contributed by atoms with Gasteiger partial charge in [-0.1, -0.05) is 6.08 Å². The van der Waals surface area contributed by atoms with Crippen LogP contribution in [0.4, 0.5) is 0 Å². The molecule has 0 unspecified atom stereocenters. The zero-order chi connectivity index (χ0) is 6.53. The highest BCUT2D eigenvalue weighted by Gasteiger charge is 1.92. The minimum atomic E-state index is 0.662. The van der Waals surface area contributed by atoms with Gasteiger partial charge in [-0.05, 0) is 6.42 Å². The van der Waals surface area contributed by atoms with Crippen LogP contribution in [0.3, 0.4) is 0 Å². The highest BCUT2D eigenvalue weighted by molar-refractivity contribution is 4.98. The fourth-order valence-electron chi connectivity index (χ4n) is 0.519. The molecule has 1 heterocycles. The van der Waals surface area contributed by atoms with Crippen molar-refractivity contribution in [3.8, 4) is 0 Å². The Balaban J connectivity index is 2.38. The van der Waals surface area contributed by atoms with Gasteiger partial charge in [0.1, 0.15) is 6.26 Å². The molecular formula is C7H8NO. The molecule has 2 heteroatoms. The molecule has 0 atom stereocenters. The lowest BCUT2D eigenvalue weighted by molar-refractivity contribution is 0.526. The van der Waals surface area contributed by atoms with Crippen LogP contribution in [-0.4, -0.2) is 4.98 Å². The molecular weight excluding hydrogens is 114 g/mol. The lowest BCUT2D eigenvalue weighted by Gasteiger charge is -1.84. The Morgan fingerprint density at radius 3 is 3.22 bits per heavy atom. The molecule has 0 fully saturated rings. The maximum absolute atomic E-state index is 4.92. The van der Waals surface area contributed by atoms with E-state index in [1.165, 1.54) is 0 Å². The zero-order valence-corrected chi connectivity index (χ0v) is 5.08. The maximum atomic E-state index is 4.92. The molecule has 0 aliphatic carbocycles. The van der Waals surface area contributed by atoms with Crippen LogP contribution in [0, 0.1) is 6.42 Å². The van der Waals surface area contributed by atoms with E-state index in [1.54, 1.807) is 18.5 Å². The smallest absolute Gasteiger partial charge is 0.198 e. The monoisotopic (exact) mass is 122 g/mol. The molecule has 0 saturated heterocycles. The van der Waals surface area contributed by atoms with Crippen molar-refractivity contribution in [2.45, 2.75) is 6.42 Å². The van der Waals surface area contributed by atoms with Crippen molar-refractivity contribution >= 4 is 0 Å². The number of aromatic nitrogens is 1. The standard InChI is InChI=1S/C7H8NO/c1-2-3-4-7-8-5-6-9-7/h2,4-6H,1,3H2. The summed E-state index contributed by atoms with van der Waals surface area (Å²) in [5.74, 6) is 0.662. The number of hydrogen-bond acceptors (Lipinski definition) is 2. The number of oxazole rings is 1. The van der Waals surface area contributed by atoms with Crippen molar-refractivity contribution < 1.29 is 4.42 Å². The van der Waals surface area contributed by atoms with E-state index in [0.717, 1.165) is 6.42 Å². The average molecular weight is 122 g/mol. The molecule has 1 rings (SSSR count). The van der Waals surface area contributed by atoms with E-state index in [-0.39, 0.29) is 0 Å². The Bertz CT molecular complexity index is 167. The van der Waals surface area contributed by atoms with Gasteiger partial charge in [0, 0.05) is 0 Å². The first-order valence-corrected chi connectivity index (χ1v) is 2.77. The summed E-state index contributed by atoms with van der Waals surface area (Å²) in [4.78, 5) is 3.88. The number of hydrogen-bond donors (Lipinski definition) is 0. The predicted octanol–water partition coefficient (Wildman–Crippen LogP) is 1.80. The quantitative estimate of drug-likeness (QED) is 0.571. The number of rotatable bonds is 3. The molecule has 0 aliphatic heterocycles. The molecule has 0 aliphatic rings. The van der Waals surface area contributed by atoms with Crippen LogP contribution >= 0.6 is 0 Å². The lowest BCUT2D eigenvalue weighted by Crippen LogP contribution is -1.76. The van der Waals surface area contributed by atoms with Gasteiger partial charge < -0.3 is 4.42 Å². The van der Waals surface area contributed by atoms with E-state index in [4.69, 9.17) is 4.42 Å². The second-order valence-electron chi connectivity index (χ2n) is 1.60. The van der Waals surface area contributed by atoms with Gasteiger partial charge in [0.25, 0.3) is 0 Å². The summed E-state index contributed by atoms with van der Waals surface area (Å²) < 4.78 is 4.92. The Morgan fingerprint density at radius 1 is 1.78 bits per heavy atom. The van der Waals surface area contributed by atoms with Gasteiger partial charge in [-0.3, -0.25) is 0 Å². The molecule has 0 saturated carbocycles. The fraction of sp³-hybridized carbons (Fsp3) is 0.143. The normalized spacial score (nSPS) is 9.33. The molecule has 0 spiro atoms. The SMILES string of the molecule is C=CC[CH]c1ncco1. The lowest BCUT2D eigenvalue weighted by atomic mass is 10.3. The summed E-state index contributed by atoms with van der Waals surface area (Å²) in [5.41, 5.74) is 0. The third kappa shape index (κ3) is 1.72. The predicted molar refractivity (Wildman–Crippen MR) is 34.7 cm³/mol. The van der Waals surface area contributed by atoms with E-state index in [9.17, 15) is 0 Å². The first kappa shape index (κ1) is 6.08. The molecule has 0 N–H and O–H groups in total. The van der Waals surface area contributed by atoms with E-state index >= 15 is 0 Å². The molecule has 1 radical (unpaired) electrons. The van der Waals surface area contributed by atoms with Crippen LogP contribution in [0.5, 0.6) is 0 Å². The first-order valence-electron chi connectivity index (χ1n) is 2.77. The summed E-state index contributed by atoms with van der Waals surface area (Å²) in [5, 5.41) is 0. The largest absolute Gasteiger partial charge is 0.449 e. The summed E-state index contributed by atoms with van der Waals surface area (Å²) >= 11 is 0. The van der Waals surface area contributed by atoms with Crippen molar-refractivity contribution in [1.29, 1.82) is 0 Å². The summed E-state index contributed by atoms with van der Waals surface area (Å²) in [7, 11) is 0. The van der Waals surface area contributed by atoms with Gasteiger partial charge in [-0.25, -0.2) is 4.98 Å². The average Bonchev–Trinajstić information content (AvgIpc) is 2.34. The molecule has 47 valence electrons. The molecule has 0 aromatic carbocycles. The van der Waals surface area contributed by atoms with Crippen molar-refractivity contribution in [2.75, 3.05) is 0 Å². The topological polar surface area (TPSA) is 26.0 Å². The second kappa shape index (κ2) is 3.07. The zero-order valence-electron chi connectivity index (χ0n) is 5.08. The Morgan fingerprint density at radius 2 is 2.67 bits per heavy atom. The van der Waals surface area contributed by atoms with Gasteiger partial charge in [0.15, 0.2) is 5.89 Å². The van der Waals surface area contributed by atoms with Crippen LogP contribution in [0.15, 0.2) is 29.5 Å². The number of nitrogens with zero attached hydrogens (tertiary/aromatic N) is 1. The second-order valence-corrected chi connectivity index (χ2v) is 1.60. The van der Waals surface area contributed by atoms with Gasteiger partial charge in [-0.2, -0.15) is 0 Å². The molecule has 2 nitrogen and oxygen atoms in total. The van der Waals surface area contributed by atoms with E-state index < -0.39 is 0 Å². The molecule has 9 heavy (non-hydrogen) atoms. The van der Waals surface area contributed by atoms with Gasteiger partial charge in [0.05, 0.1) is 12.6 Å².